The molecule has 0 aromatic heterocycles. The first-order chi connectivity index (χ1) is 9.90. The summed E-state index contributed by atoms with van der Waals surface area (Å²) in [5, 5.41) is 19.6. The third-order valence-electron chi connectivity index (χ3n) is 3.45. The third kappa shape index (κ3) is 3.30. The number of likely N-dealkylation sites (tertiary alicyclic amines) is 1. The first kappa shape index (κ1) is 15.2. The number of amides is 1. The lowest BCUT2D eigenvalue weighted by Gasteiger charge is -2.30. The van der Waals surface area contributed by atoms with Gasteiger partial charge in [0.15, 0.2) is 0 Å². The fourth-order valence-corrected chi connectivity index (χ4v) is 2.58. The molecule has 7 nitrogen and oxygen atoms in total. The lowest BCUT2D eigenvalue weighted by Crippen LogP contribution is -2.42. The van der Waals surface area contributed by atoms with Crippen LogP contribution in [0.3, 0.4) is 0 Å². The Morgan fingerprint density at radius 1 is 1.43 bits per heavy atom. The van der Waals surface area contributed by atoms with Crippen LogP contribution < -0.4 is 0 Å². The lowest BCUT2D eigenvalue weighted by atomic mass is 9.97. The molecular formula is C13H13ClN2O5. The Kier molecular flexibility index (Phi) is 4.42. The van der Waals surface area contributed by atoms with Crippen LogP contribution in [0, 0.1) is 16.0 Å². The SMILES string of the molecule is O=C(O)[C@H]1CCCN(C(=O)c2ccc([N+](=O)[O-])c(Cl)c2)C1. The first-order valence-electron chi connectivity index (χ1n) is 6.36. The summed E-state index contributed by atoms with van der Waals surface area (Å²) in [7, 11) is 0. The van der Waals surface area contributed by atoms with Gasteiger partial charge in [0.05, 0.1) is 10.8 Å². The molecule has 1 atom stereocenters. The van der Waals surface area contributed by atoms with E-state index in [1.807, 2.05) is 0 Å². The maximum Gasteiger partial charge on any atom is 0.308 e. The number of nitrogens with zero attached hydrogens (tertiary/aromatic N) is 2. The molecule has 1 N–H and O–H groups in total. The van der Waals surface area contributed by atoms with Gasteiger partial charge in [-0.25, -0.2) is 0 Å². The molecular weight excluding hydrogens is 300 g/mol. The molecule has 2 rings (SSSR count). The highest BCUT2D eigenvalue weighted by Gasteiger charge is 2.29. The third-order valence-corrected chi connectivity index (χ3v) is 3.75. The van der Waals surface area contributed by atoms with Crippen molar-refractivity contribution < 1.29 is 19.6 Å². The number of rotatable bonds is 3. The average molecular weight is 313 g/mol. The van der Waals surface area contributed by atoms with E-state index in [1.54, 1.807) is 0 Å². The van der Waals surface area contributed by atoms with Gasteiger partial charge in [-0.05, 0) is 25.0 Å². The Bertz CT molecular complexity index is 604. The average Bonchev–Trinajstić information content (AvgIpc) is 2.46. The number of aliphatic carboxylic acids is 1. The minimum absolute atomic E-state index is 0.113. The molecule has 21 heavy (non-hydrogen) atoms. The summed E-state index contributed by atoms with van der Waals surface area (Å²) in [6.07, 6.45) is 1.16. The van der Waals surface area contributed by atoms with Crippen molar-refractivity contribution in [1.82, 2.24) is 4.90 Å². The zero-order valence-corrected chi connectivity index (χ0v) is 11.7. The van der Waals surface area contributed by atoms with Crippen molar-refractivity contribution in [1.29, 1.82) is 0 Å². The Balaban J connectivity index is 2.18. The van der Waals surface area contributed by atoms with Gasteiger partial charge in [-0.15, -0.1) is 0 Å². The second-order valence-corrected chi connectivity index (χ2v) is 5.26. The normalized spacial score (nSPS) is 18.3. The number of carboxylic acid groups (broad SMARTS) is 1. The number of halogens is 1. The molecule has 0 aliphatic carbocycles. The van der Waals surface area contributed by atoms with Gasteiger partial charge in [0.2, 0.25) is 0 Å². The van der Waals surface area contributed by atoms with Gasteiger partial charge >= 0.3 is 5.97 Å². The number of nitro benzene ring substituents is 1. The Morgan fingerprint density at radius 2 is 2.14 bits per heavy atom. The van der Waals surface area contributed by atoms with Crippen molar-refractivity contribution in [3.63, 3.8) is 0 Å². The van der Waals surface area contributed by atoms with Crippen LogP contribution >= 0.6 is 11.6 Å². The smallest absolute Gasteiger partial charge is 0.308 e. The maximum atomic E-state index is 12.3. The second-order valence-electron chi connectivity index (χ2n) is 4.85. The van der Waals surface area contributed by atoms with E-state index in [-0.39, 0.29) is 28.7 Å². The van der Waals surface area contributed by atoms with Gasteiger partial charge < -0.3 is 10.0 Å². The van der Waals surface area contributed by atoms with E-state index in [2.05, 4.69) is 0 Å². The molecule has 0 spiro atoms. The molecule has 1 fully saturated rings. The zero-order chi connectivity index (χ0) is 15.6. The van der Waals surface area contributed by atoms with E-state index in [1.165, 1.54) is 23.1 Å². The van der Waals surface area contributed by atoms with Crippen molar-refractivity contribution in [3.8, 4) is 0 Å². The first-order valence-corrected chi connectivity index (χ1v) is 6.74. The topological polar surface area (TPSA) is 101 Å². The Hall–Kier alpha value is -2.15. The summed E-state index contributed by atoms with van der Waals surface area (Å²) in [6.45, 7) is 0.611. The predicted octanol–water partition coefficient (Wildman–Crippen LogP) is 2.19. The molecule has 0 saturated carbocycles. The lowest BCUT2D eigenvalue weighted by molar-refractivity contribution is -0.384. The van der Waals surface area contributed by atoms with Crippen LogP contribution in [0.1, 0.15) is 23.2 Å². The number of carbonyl (C=O) groups excluding carboxylic acids is 1. The van der Waals surface area contributed by atoms with Gasteiger partial charge in [0.1, 0.15) is 5.02 Å². The maximum absolute atomic E-state index is 12.3. The van der Waals surface area contributed by atoms with Crippen LogP contribution in [0.25, 0.3) is 0 Å². The Morgan fingerprint density at radius 3 is 2.71 bits per heavy atom. The fourth-order valence-electron chi connectivity index (χ4n) is 2.33. The molecule has 0 bridgehead atoms. The van der Waals surface area contributed by atoms with E-state index in [0.29, 0.717) is 19.4 Å². The van der Waals surface area contributed by atoms with E-state index in [9.17, 15) is 19.7 Å². The largest absolute Gasteiger partial charge is 0.481 e. The van der Waals surface area contributed by atoms with Gasteiger partial charge in [-0.1, -0.05) is 11.6 Å². The van der Waals surface area contributed by atoms with Crippen LogP contribution in [0.5, 0.6) is 0 Å². The monoisotopic (exact) mass is 312 g/mol. The quantitative estimate of drug-likeness (QED) is 0.681. The molecule has 1 aromatic carbocycles. The number of nitro groups is 1. The number of piperidine rings is 1. The van der Waals surface area contributed by atoms with E-state index >= 15 is 0 Å². The molecule has 0 radical (unpaired) electrons. The molecule has 1 aromatic rings. The number of hydrogen-bond acceptors (Lipinski definition) is 4. The molecule has 1 amide bonds. The van der Waals surface area contributed by atoms with Gasteiger partial charge in [0, 0.05) is 24.7 Å². The molecule has 1 saturated heterocycles. The Labute approximate surface area is 125 Å². The molecule has 1 heterocycles. The molecule has 112 valence electrons. The van der Waals surface area contributed by atoms with Crippen LogP contribution in [0.4, 0.5) is 5.69 Å². The van der Waals surface area contributed by atoms with Crippen molar-refractivity contribution >= 4 is 29.2 Å². The number of benzene rings is 1. The van der Waals surface area contributed by atoms with Crippen LogP contribution in [0.2, 0.25) is 5.02 Å². The second kappa shape index (κ2) is 6.09. The molecule has 8 heteroatoms. The van der Waals surface area contributed by atoms with E-state index < -0.39 is 16.8 Å². The summed E-state index contributed by atoms with van der Waals surface area (Å²) in [4.78, 5) is 34.8. The highest BCUT2D eigenvalue weighted by molar-refractivity contribution is 6.33. The van der Waals surface area contributed by atoms with Crippen molar-refractivity contribution in [2.24, 2.45) is 5.92 Å². The summed E-state index contributed by atoms with van der Waals surface area (Å²) in [6, 6.07) is 3.75. The van der Waals surface area contributed by atoms with E-state index in [4.69, 9.17) is 16.7 Å². The number of carboxylic acids is 1. The van der Waals surface area contributed by atoms with Crippen LogP contribution in [0.15, 0.2) is 18.2 Å². The zero-order valence-electron chi connectivity index (χ0n) is 11.0. The standard InChI is InChI=1S/C13H13ClN2O5/c14-10-6-8(3-4-11(10)16(20)21)12(17)15-5-1-2-9(7-15)13(18)19/h3-4,6,9H,1-2,5,7H2,(H,18,19)/t9-/m0/s1. The predicted molar refractivity (Wildman–Crippen MR) is 74.4 cm³/mol. The summed E-state index contributed by atoms with van der Waals surface area (Å²) < 4.78 is 0. The van der Waals surface area contributed by atoms with Crippen molar-refractivity contribution in [2.75, 3.05) is 13.1 Å². The minimum atomic E-state index is -0.922. The van der Waals surface area contributed by atoms with Gasteiger partial charge in [-0.2, -0.15) is 0 Å². The summed E-state index contributed by atoms with van der Waals surface area (Å²) in [5.74, 6) is -1.86. The van der Waals surface area contributed by atoms with E-state index in [0.717, 1.165) is 0 Å². The van der Waals surface area contributed by atoms with Gasteiger partial charge in [0.25, 0.3) is 11.6 Å². The molecule has 1 aliphatic rings. The molecule has 0 unspecified atom stereocenters. The van der Waals surface area contributed by atoms with Crippen molar-refractivity contribution in [3.05, 3.63) is 38.9 Å². The van der Waals surface area contributed by atoms with Crippen LogP contribution in [-0.4, -0.2) is 39.9 Å². The minimum Gasteiger partial charge on any atom is -0.481 e. The summed E-state index contributed by atoms with van der Waals surface area (Å²) in [5.41, 5.74) is -0.0492. The summed E-state index contributed by atoms with van der Waals surface area (Å²) >= 11 is 5.78. The number of hydrogen-bond donors (Lipinski definition) is 1. The highest BCUT2D eigenvalue weighted by Crippen LogP contribution is 2.26. The highest BCUT2D eigenvalue weighted by atomic mass is 35.5. The fraction of sp³-hybridized carbons (Fsp3) is 0.385. The van der Waals surface area contributed by atoms with Crippen LogP contribution in [-0.2, 0) is 4.79 Å². The number of carbonyl (C=O) groups is 2. The van der Waals surface area contributed by atoms with Crippen molar-refractivity contribution in [2.45, 2.75) is 12.8 Å². The van der Waals surface area contributed by atoms with Gasteiger partial charge in [-0.3, -0.25) is 19.7 Å². The molecule has 1 aliphatic heterocycles.